The van der Waals surface area contributed by atoms with Crippen LogP contribution in [0.15, 0.2) is 12.1 Å². The first-order valence-corrected chi connectivity index (χ1v) is 5.49. The first kappa shape index (κ1) is 14.6. The number of rotatable bonds is 6. The molecule has 0 aliphatic carbocycles. The normalized spacial score (nSPS) is 9.79. The Labute approximate surface area is 108 Å². The highest BCUT2D eigenvalue weighted by Gasteiger charge is 2.25. The van der Waals surface area contributed by atoms with Gasteiger partial charge in [0.15, 0.2) is 5.75 Å². The van der Waals surface area contributed by atoms with Crippen LogP contribution in [0.3, 0.4) is 0 Å². The molecule has 19 heavy (non-hydrogen) atoms. The van der Waals surface area contributed by atoms with Gasteiger partial charge in [0.25, 0.3) is 0 Å². The van der Waals surface area contributed by atoms with E-state index >= 15 is 0 Å². The third-order valence-electron chi connectivity index (χ3n) is 2.03. The minimum Gasteiger partial charge on any atom is -0.487 e. The maximum Gasteiger partial charge on any atom is 0.511 e. The maximum absolute atomic E-state index is 10.9. The van der Waals surface area contributed by atoms with Gasteiger partial charge in [-0.25, -0.2) is 4.79 Å². The van der Waals surface area contributed by atoms with Gasteiger partial charge in [0.1, 0.15) is 0 Å². The SMILES string of the molecule is CCOc1c(OC(=O)O)ccc([N+](=O)[O-])c1OCC. The average Bonchev–Trinajstić information content (AvgIpc) is 2.32. The van der Waals surface area contributed by atoms with Crippen molar-refractivity contribution in [3.8, 4) is 17.2 Å². The summed E-state index contributed by atoms with van der Waals surface area (Å²) in [5, 5.41) is 19.5. The van der Waals surface area contributed by atoms with E-state index in [9.17, 15) is 14.9 Å². The lowest BCUT2D eigenvalue weighted by atomic mass is 10.2. The number of benzene rings is 1. The number of hydrogen-bond acceptors (Lipinski definition) is 6. The lowest BCUT2D eigenvalue weighted by molar-refractivity contribution is -0.386. The molecule has 1 aromatic rings. The number of nitrogens with zero attached hydrogens (tertiary/aromatic N) is 1. The van der Waals surface area contributed by atoms with Gasteiger partial charge in [0.2, 0.25) is 11.5 Å². The summed E-state index contributed by atoms with van der Waals surface area (Å²) in [4.78, 5) is 20.8. The molecule has 0 spiro atoms. The second kappa shape index (κ2) is 6.43. The fraction of sp³-hybridized carbons (Fsp3) is 0.364. The Balaban J connectivity index is 3.38. The van der Waals surface area contributed by atoms with Crippen LogP contribution in [0.4, 0.5) is 10.5 Å². The molecule has 0 atom stereocenters. The highest BCUT2D eigenvalue weighted by molar-refractivity contribution is 5.68. The van der Waals surface area contributed by atoms with Crippen molar-refractivity contribution < 1.29 is 29.0 Å². The number of nitro benzene ring substituents is 1. The molecule has 1 N–H and O–H groups in total. The van der Waals surface area contributed by atoms with Crippen LogP contribution >= 0.6 is 0 Å². The first-order chi connectivity index (χ1) is 9.01. The number of carboxylic acid groups (broad SMARTS) is 1. The number of ether oxygens (including phenoxy) is 3. The molecule has 0 amide bonds. The molecule has 0 aromatic heterocycles. The summed E-state index contributed by atoms with van der Waals surface area (Å²) in [6.45, 7) is 3.64. The van der Waals surface area contributed by atoms with Gasteiger partial charge >= 0.3 is 11.8 Å². The second-order valence-corrected chi connectivity index (χ2v) is 3.23. The Morgan fingerprint density at radius 1 is 1.26 bits per heavy atom. The molecule has 0 radical (unpaired) electrons. The van der Waals surface area contributed by atoms with E-state index in [0.717, 1.165) is 12.1 Å². The summed E-state index contributed by atoms with van der Waals surface area (Å²) in [5.74, 6) is -0.391. The van der Waals surface area contributed by atoms with Crippen molar-refractivity contribution in [3.63, 3.8) is 0 Å². The summed E-state index contributed by atoms with van der Waals surface area (Å²) >= 11 is 0. The largest absolute Gasteiger partial charge is 0.511 e. The molecule has 0 saturated heterocycles. The molecule has 0 unspecified atom stereocenters. The Morgan fingerprint density at radius 3 is 2.32 bits per heavy atom. The number of nitro groups is 1. The topological polar surface area (TPSA) is 108 Å². The van der Waals surface area contributed by atoms with Crippen LogP contribution in [0.5, 0.6) is 17.2 Å². The number of carbonyl (C=O) groups is 1. The van der Waals surface area contributed by atoms with Crippen molar-refractivity contribution >= 4 is 11.8 Å². The zero-order valence-corrected chi connectivity index (χ0v) is 10.4. The minimum absolute atomic E-state index is 0.0963. The van der Waals surface area contributed by atoms with Crippen LogP contribution in [-0.4, -0.2) is 29.4 Å². The van der Waals surface area contributed by atoms with E-state index in [0.29, 0.717) is 0 Å². The molecule has 0 heterocycles. The predicted octanol–water partition coefficient (Wildman–Crippen LogP) is 2.45. The van der Waals surface area contributed by atoms with Crippen LogP contribution in [-0.2, 0) is 0 Å². The lowest BCUT2D eigenvalue weighted by Crippen LogP contribution is -2.08. The molecule has 0 fully saturated rings. The highest BCUT2D eigenvalue weighted by Crippen LogP contribution is 2.44. The van der Waals surface area contributed by atoms with E-state index in [1.54, 1.807) is 13.8 Å². The van der Waals surface area contributed by atoms with Crippen LogP contribution in [0.1, 0.15) is 13.8 Å². The van der Waals surface area contributed by atoms with Gasteiger partial charge < -0.3 is 19.3 Å². The molecule has 0 aliphatic heterocycles. The zero-order chi connectivity index (χ0) is 14.4. The van der Waals surface area contributed by atoms with E-state index in [2.05, 4.69) is 4.74 Å². The summed E-state index contributed by atoms with van der Waals surface area (Å²) < 4.78 is 14.9. The Hall–Kier alpha value is -2.51. The summed E-state index contributed by atoms with van der Waals surface area (Å²) in [7, 11) is 0. The molecule has 0 bridgehead atoms. The van der Waals surface area contributed by atoms with Gasteiger partial charge in [-0.1, -0.05) is 0 Å². The van der Waals surface area contributed by atoms with Gasteiger partial charge in [-0.2, -0.15) is 0 Å². The third-order valence-corrected chi connectivity index (χ3v) is 2.03. The van der Waals surface area contributed by atoms with E-state index in [1.807, 2.05) is 0 Å². The Bertz CT molecular complexity index is 486. The van der Waals surface area contributed by atoms with Crippen LogP contribution in [0.25, 0.3) is 0 Å². The molecular formula is C11H13NO7. The van der Waals surface area contributed by atoms with Crippen molar-refractivity contribution in [2.75, 3.05) is 13.2 Å². The van der Waals surface area contributed by atoms with Crippen molar-refractivity contribution in [3.05, 3.63) is 22.2 Å². The second-order valence-electron chi connectivity index (χ2n) is 3.23. The van der Waals surface area contributed by atoms with Crippen LogP contribution < -0.4 is 14.2 Å². The Kier molecular flexibility index (Phi) is 4.92. The van der Waals surface area contributed by atoms with Crippen molar-refractivity contribution in [2.24, 2.45) is 0 Å². The standard InChI is InChI=1S/C11H13NO7/c1-3-17-9-7(12(15)16)5-6-8(19-11(13)14)10(9)18-4-2/h5-6H,3-4H2,1-2H3,(H,13,14). The van der Waals surface area contributed by atoms with E-state index in [-0.39, 0.29) is 36.1 Å². The smallest absolute Gasteiger partial charge is 0.487 e. The highest BCUT2D eigenvalue weighted by atomic mass is 16.7. The lowest BCUT2D eigenvalue weighted by Gasteiger charge is -2.13. The van der Waals surface area contributed by atoms with E-state index in [4.69, 9.17) is 14.6 Å². The van der Waals surface area contributed by atoms with Crippen molar-refractivity contribution in [2.45, 2.75) is 13.8 Å². The molecule has 0 aliphatic rings. The van der Waals surface area contributed by atoms with Crippen LogP contribution in [0.2, 0.25) is 0 Å². The van der Waals surface area contributed by atoms with Crippen LogP contribution in [0, 0.1) is 10.1 Å². The molecular weight excluding hydrogens is 258 g/mol. The van der Waals surface area contributed by atoms with Gasteiger partial charge in [0, 0.05) is 6.07 Å². The first-order valence-electron chi connectivity index (χ1n) is 5.49. The van der Waals surface area contributed by atoms with Gasteiger partial charge in [-0.3, -0.25) is 10.1 Å². The molecule has 8 heteroatoms. The number of hydrogen-bond donors (Lipinski definition) is 1. The summed E-state index contributed by atoms with van der Waals surface area (Å²) in [6.07, 6.45) is -1.54. The van der Waals surface area contributed by atoms with Crippen molar-refractivity contribution in [1.29, 1.82) is 0 Å². The minimum atomic E-state index is -1.54. The molecule has 104 valence electrons. The van der Waals surface area contributed by atoms with Gasteiger partial charge in [-0.05, 0) is 19.9 Å². The molecule has 8 nitrogen and oxygen atoms in total. The predicted molar refractivity (Wildman–Crippen MR) is 64.1 cm³/mol. The molecule has 1 aromatic carbocycles. The van der Waals surface area contributed by atoms with Gasteiger partial charge in [0.05, 0.1) is 18.1 Å². The summed E-state index contributed by atoms with van der Waals surface area (Å²) in [5.41, 5.74) is -0.317. The van der Waals surface area contributed by atoms with Gasteiger partial charge in [-0.15, -0.1) is 0 Å². The fourth-order valence-corrected chi connectivity index (χ4v) is 1.42. The average molecular weight is 271 g/mol. The maximum atomic E-state index is 10.9. The quantitative estimate of drug-likeness (QED) is 0.366. The van der Waals surface area contributed by atoms with Crippen molar-refractivity contribution in [1.82, 2.24) is 0 Å². The zero-order valence-electron chi connectivity index (χ0n) is 10.4. The Morgan fingerprint density at radius 2 is 1.84 bits per heavy atom. The molecule has 1 rings (SSSR count). The van der Waals surface area contributed by atoms with E-state index in [1.165, 1.54) is 0 Å². The summed E-state index contributed by atoms with van der Waals surface area (Å²) in [6, 6.07) is 2.26. The fourth-order valence-electron chi connectivity index (χ4n) is 1.42. The van der Waals surface area contributed by atoms with E-state index < -0.39 is 11.1 Å². The third kappa shape index (κ3) is 3.47. The molecule has 0 saturated carbocycles. The monoisotopic (exact) mass is 271 g/mol.